The molecule has 3 rings (SSSR count). The van der Waals surface area contributed by atoms with Crippen molar-refractivity contribution in [3.8, 4) is 11.5 Å². The van der Waals surface area contributed by atoms with Crippen LogP contribution in [0.25, 0.3) is 11.1 Å². The second-order valence-corrected chi connectivity index (χ2v) is 5.16. The molecule has 0 N–H and O–H groups in total. The number of nitrogens with zero attached hydrogens (tertiary/aromatic N) is 1. The van der Waals surface area contributed by atoms with E-state index in [1.165, 1.54) is 32.4 Å². The Bertz CT molecular complexity index is 934. The Hall–Kier alpha value is -2.73. The third kappa shape index (κ3) is 2.68. The van der Waals surface area contributed by atoms with E-state index < -0.39 is 11.7 Å². The highest BCUT2D eigenvalue weighted by atomic mass is 35.5. The molecule has 0 aliphatic rings. The number of aromatic nitrogens is 1. The number of carbonyl (C=O) groups is 1. The largest absolute Gasteiger partial charge is 0.497 e. The lowest BCUT2D eigenvalue weighted by Crippen LogP contribution is -2.23. The van der Waals surface area contributed by atoms with Crippen LogP contribution >= 0.6 is 11.6 Å². The van der Waals surface area contributed by atoms with Crippen molar-refractivity contribution in [1.82, 2.24) is 4.57 Å². The van der Waals surface area contributed by atoms with Crippen LogP contribution in [0.15, 0.2) is 45.6 Å². The lowest BCUT2D eigenvalue weighted by molar-refractivity contribution is 0.0956. The van der Waals surface area contributed by atoms with E-state index in [9.17, 15) is 9.59 Å². The van der Waals surface area contributed by atoms with Gasteiger partial charge in [0.25, 0.3) is 5.91 Å². The minimum absolute atomic E-state index is 0.237. The van der Waals surface area contributed by atoms with Crippen LogP contribution in [0.1, 0.15) is 10.4 Å². The molecule has 0 bridgehead atoms. The summed E-state index contributed by atoms with van der Waals surface area (Å²) in [6.07, 6.45) is 0. The summed E-state index contributed by atoms with van der Waals surface area (Å²) in [5.41, 5.74) is 0.817. The first-order valence-electron chi connectivity index (χ1n) is 6.62. The van der Waals surface area contributed by atoms with Crippen molar-refractivity contribution < 1.29 is 18.7 Å². The molecule has 0 saturated heterocycles. The highest BCUT2D eigenvalue weighted by Crippen LogP contribution is 2.24. The molecule has 3 aromatic rings. The number of hydrogen-bond acceptors (Lipinski definition) is 5. The van der Waals surface area contributed by atoms with Crippen molar-refractivity contribution in [1.29, 1.82) is 0 Å². The Kier molecular flexibility index (Phi) is 3.83. The van der Waals surface area contributed by atoms with Gasteiger partial charge in [0.2, 0.25) is 0 Å². The van der Waals surface area contributed by atoms with Crippen molar-refractivity contribution in [2.24, 2.45) is 0 Å². The molecule has 0 radical (unpaired) electrons. The molecule has 0 aliphatic heterocycles. The Labute approximate surface area is 135 Å². The highest BCUT2D eigenvalue weighted by Gasteiger charge is 2.19. The van der Waals surface area contributed by atoms with Gasteiger partial charge in [-0.15, -0.1) is 0 Å². The van der Waals surface area contributed by atoms with E-state index in [2.05, 4.69) is 0 Å². The zero-order valence-corrected chi connectivity index (χ0v) is 13.1. The smallest absolute Gasteiger partial charge is 0.427 e. The van der Waals surface area contributed by atoms with Gasteiger partial charge in [-0.05, 0) is 24.3 Å². The maximum atomic E-state index is 12.7. The quantitative estimate of drug-likeness (QED) is 0.737. The van der Waals surface area contributed by atoms with Gasteiger partial charge in [0.15, 0.2) is 5.58 Å². The third-order valence-electron chi connectivity index (χ3n) is 3.34. The number of oxazole rings is 1. The Balaban J connectivity index is 2.18. The van der Waals surface area contributed by atoms with E-state index in [-0.39, 0.29) is 11.1 Å². The van der Waals surface area contributed by atoms with Crippen LogP contribution < -0.4 is 15.2 Å². The molecule has 0 aliphatic carbocycles. The fourth-order valence-electron chi connectivity index (χ4n) is 2.24. The molecule has 0 fully saturated rings. The molecule has 2 aromatic carbocycles. The topological polar surface area (TPSA) is 70.7 Å². The van der Waals surface area contributed by atoms with Crippen molar-refractivity contribution in [2.45, 2.75) is 0 Å². The third-order valence-corrected chi connectivity index (χ3v) is 3.58. The zero-order valence-electron chi connectivity index (χ0n) is 12.3. The van der Waals surface area contributed by atoms with E-state index in [0.717, 1.165) is 4.57 Å². The fraction of sp³-hybridized carbons (Fsp3) is 0.125. The van der Waals surface area contributed by atoms with Crippen LogP contribution in [0.2, 0.25) is 5.02 Å². The van der Waals surface area contributed by atoms with Crippen LogP contribution in [-0.4, -0.2) is 24.7 Å². The summed E-state index contributed by atoms with van der Waals surface area (Å²) in [6.45, 7) is 0. The number of carbonyl (C=O) groups excluding carboxylic acids is 1. The van der Waals surface area contributed by atoms with Gasteiger partial charge in [0.05, 0.1) is 19.7 Å². The summed E-state index contributed by atoms with van der Waals surface area (Å²) in [4.78, 5) is 24.8. The van der Waals surface area contributed by atoms with Crippen LogP contribution in [0, 0.1) is 0 Å². The van der Waals surface area contributed by atoms with Gasteiger partial charge in [0.1, 0.15) is 11.5 Å². The molecule has 7 heteroatoms. The van der Waals surface area contributed by atoms with Crippen LogP contribution in [0.3, 0.4) is 0 Å². The molecule has 0 unspecified atom stereocenters. The van der Waals surface area contributed by atoms with Crippen LogP contribution in [0.5, 0.6) is 11.5 Å². The summed E-state index contributed by atoms with van der Waals surface area (Å²) in [5.74, 6) is -0.449. The van der Waals surface area contributed by atoms with Crippen LogP contribution in [-0.2, 0) is 0 Å². The fourth-order valence-corrected chi connectivity index (χ4v) is 2.41. The van der Waals surface area contributed by atoms with Gasteiger partial charge in [-0.1, -0.05) is 11.6 Å². The summed E-state index contributed by atoms with van der Waals surface area (Å²) in [6, 6.07) is 9.28. The maximum Gasteiger partial charge on any atom is 0.427 e. The molecular formula is C16H12ClNO5. The average molecular weight is 334 g/mol. The molecule has 6 nitrogen and oxygen atoms in total. The average Bonchev–Trinajstić information content (AvgIpc) is 2.88. The standard InChI is InChI=1S/C16H12ClNO5/c1-21-11-5-9(6-12(8-11)22-2)15(19)18-13-4-3-10(17)7-14(13)23-16(18)20/h3-8H,1-2H3. The first kappa shape index (κ1) is 15.2. The van der Waals surface area contributed by atoms with Gasteiger partial charge >= 0.3 is 5.76 Å². The predicted octanol–water partition coefficient (Wildman–Crippen LogP) is 2.95. The molecule has 1 aromatic heterocycles. The first-order chi connectivity index (χ1) is 11.0. The van der Waals surface area contributed by atoms with E-state index in [1.807, 2.05) is 0 Å². The summed E-state index contributed by atoms with van der Waals surface area (Å²) >= 11 is 5.87. The predicted molar refractivity (Wildman–Crippen MR) is 84.8 cm³/mol. The molecular weight excluding hydrogens is 322 g/mol. The number of benzene rings is 2. The van der Waals surface area contributed by atoms with E-state index in [0.29, 0.717) is 22.0 Å². The molecule has 0 saturated carbocycles. The Morgan fingerprint density at radius 3 is 2.35 bits per heavy atom. The minimum atomic E-state index is -0.783. The molecule has 23 heavy (non-hydrogen) atoms. The second kappa shape index (κ2) is 5.81. The molecule has 0 atom stereocenters. The van der Waals surface area contributed by atoms with Crippen molar-refractivity contribution in [2.75, 3.05) is 14.2 Å². The highest BCUT2D eigenvalue weighted by molar-refractivity contribution is 6.31. The van der Waals surface area contributed by atoms with Gasteiger partial charge in [0, 0.05) is 22.7 Å². The summed E-state index contributed by atoms with van der Waals surface area (Å²) in [7, 11) is 2.95. The number of ether oxygens (including phenoxy) is 2. The molecule has 118 valence electrons. The summed E-state index contributed by atoms with van der Waals surface area (Å²) in [5, 5.41) is 0.411. The molecule has 0 spiro atoms. The number of methoxy groups -OCH3 is 2. The van der Waals surface area contributed by atoms with Gasteiger partial charge < -0.3 is 13.9 Å². The SMILES string of the molecule is COc1cc(OC)cc(C(=O)n2c(=O)oc3cc(Cl)ccc32)c1. The van der Waals surface area contributed by atoms with Gasteiger partial charge in [-0.25, -0.2) is 9.36 Å². The van der Waals surface area contributed by atoms with Crippen molar-refractivity contribution >= 4 is 28.6 Å². The van der Waals surface area contributed by atoms with Crippen molar-refractivity contribution in [3.63, 3.8) is 0 Å². The van der Waals surface area contributed by atoms with E-state index >= 15 is 0 Å². The summed E-state index contributed by atoms with van der Waals surface area (Å²) < 4.78 is 16.3. The molecule has 0 amide bonds. The number of fused-ring (bicyclic) bond motifs is 1. The minimum Gasteiger partial charge on any atom is -0.497 e. The molecule has 1 heterocycles. The second-order valence-electron chi connectivity index (χ2n) is 4.72. The van der Waals surface area contributed by atoms with Crippen LogP contribution in [0.4, 0.5) is 0 Å². The maximum absolute atomic E-state index is 12.7. The van der Waals surface area contributed by atoms with Gasteiger partial charge in [-0.2, -0.15) is 0 Å². The lowest BCUT2D eigenvalue weighted by Gasteiger charge is -2.08. The lowest BCUT2D eigenvalue weighted by atomic mass is 10.2. The van der Waals surface area contributed by atoms with E-state index in [1.54, 1.807) is 18.2 Å². The normalized spacial score (nSPS) is 10.7. The van der Waals surface area contributed by atoms with E-state index in [4.69, 9.17) is 25.5 Å². The zero-order chi connectivity index (χ0) is 16.6. The van der Waals surface area contributed by atoms with Gasteiger partial charge in [-0.3, -0.25) is 4.79 Å². The first-order valence-corrected chi connectivity index (χ1v) is 7.00. The van der Waals surface area contributed by atoms with Crippen molar-refractivity contribution in [3.05, 3.63) is 57.5 Å². The number of halogens is 1. The number of rotatable bonds is 3. The number of hydrogen-bond donors (Lipinski definition) is 0. The monoisotopic (exact) mass is 333 g/mol. The Morgan fingerprint density at radius 1 is 1.09 bits per heavy atom. The Morgan fingerprint density at radius 2 is 1.74 bits per heavy atom.